The zero-order valence-electron chi connectivity index (χ0n) is 14.9. The zero-order chi connectivity index (χ0) is 17.4. The minimum absolute atomic E-state index is 0.0493. The number of nitrogens with zero attached hydrogens (tertiary/aromatic N) is 1. The summed E-state index contributed by atoms with van der Waals surface area (Å²) in [5.41, 5.74) is 5.86. The van der Waals surface area contributed by atoms with E-state index in [-0.39, 0.29) is 11.3 Å². The van der Waals surface area contributed by atoms with Gasteiger partial charge in [-0.1, -0.05) is 55.7 Å². The monoisotopic (exact) mass is 332 g/mol. The second-order valence-electron chi connectivity index (χ2n) is 7.34. The topological polar surface area (TPSA) is 41.5 Å². The largest absolute Gasteiger partial charge is 0.321 e. The van der Waals surface area contributed by atoms with Gasteiger partial charge in [-0.05, 0) is 49.4 Å². The van der Waals surface area contributed by atoms with Crippen LogP contribution in [0.4, 0.5) is 11.4 Å². The number of hydrogen-bond acceptors (Lipinski definition) is 2. The summed E-state index contributed by atoms with van der Waals surface area (Å²) in [4.78, 5) is 18.0. The summed E-state index contributed by atoms with van der Waals surface area (Å²) < 4.78 is 0. The Morgan fingerprint density at radius 1 is 0.960 bits per heavy atom. The molecule has 25 heavy (non-hydrogen) atoms. The van der Waals surface area contributed by atoms with Gasteiger partial charge in [-0.2, -0.15) is 0 Å². The van der Waals surface area contributed by atoms with E-state index in [1.165, 1.54) is 12.0 Å². The lowest BCUT2D eigenvalue weighted by molar-refractivity contribution is -0.110. The normalized spacial score (nSPS) is 17.9. The number of rotatable bonds is 2. The summed E-state index contributed by atoms with van der Waals surface area (Å²) in [5.74, 6) is -0.0493. The van der Waals surface area contributed by atoms with Crippen molar-refractivity contribution in [3.05, 3.63) is 59.2 Å². The zero-order valence-corrected chi connectivity index (χ0v) is 14.9. The lowest BCUT2D eigenvalue weighted by atomic mass is 9.67. The lowest BCUT2D eigenvalue weighted by Crippen LogP contribution is -2.42. The lowest BCUT2D eigenvalue weighted by Gasteiger charge is -2.35. The van der Waals surface area contributed by atoms with Gasteiger partial charge in [-0.15, -0.1) is 0 Å². The SMILES string of the molecule is Cc1ccccc1NC(=O)C1=Nc2c(C)cccc2C12CCCCC2. The Hall–Kier alpha value is -2.42. The average Bonchev–Trinajstić information content (AvgIpc) is 2.93. The van der Waals surface area contributed by atoms with Crippen LogP contribution in [0.2, 0.25) is 0 Å². The molecule has 1 fully saturated rings. The van der Waals surface area contributed by atoms with Crippen LogP contribution in [-0.2, 0) is 10.2 Å². The van der Waals surface area contributed by atoms with E-state index in [9.17, 15) is 4.79 Å². The van der Waals surface area contributed by atoms with Crippen LogP contribution in [0.3, 0.4) is 0 Å². The van der Waals surface area contributed by atoms with Crippen LogP contribution in [0.25, 0.3) is 0 Å². The van der Waals surface area contributed by atoms with Gasteiger partial charge in [0, 0.05) is 11.1 Å². The van der Waals surface area contributed by atoms with Gasteiger partial charge in [0.25, 0.3) is 5.91 Å². The van der Waals surface area contributed by atoms with Crippen molar-refractivity contribution in [2.75, 3.05) is 5.32 Å². The van der Waals surface area contributed by atoms with Gasteiger partial charge in [-0.3, -0.25) is 4.79 Å². The van der Waals surface area contributed by atoms with E-state index in [2.05, 4.69) is 30.4 Å². The van der Waals surface area contributed by atoms with E-state index in [1.54, 1.807) is 0 Å². The Labute approximate surface area is 149 Å². The molecule has 1 N–H and O–H groups in total. The molecule has 4 rings (SSSR count). The smallest absolute Gasteiger partial charge is 0.271 e. The summed E-state index contributed by atoms with van der Waals surface area (Å²) in [6.07, 6.45) is 5.59. The highest BCUT2D eigenvalue weighted by atomic mass is 16.2. The second kappa shape index (κ2) is 6.14. The maximum absolute atomic E-state index is 13.2. The van der Waals surface area contributed by atoms with Crippen molar-refractivity contribution in [2.45, 2.75) is 51.4 Å². The van der Waals surface area contributed by atoms with E-state index >= 15 is 0 Å². The van der Waals surface area contributed by atoms with Crippen LogP contribution in [0, 0.1) is 13.8 Å². The molecule has 1 amide bonds. The molecule has 1 spiro atoms. The van der Waals surface area contributed by atoms with Crippen molar-refractivity contribution in [1.82, 2.24) is 0 Å². The molecule has 0 saturated heterocycles. The Balaban J connectivity index is 1.75. The van der Waals surface area contributed by atoms with Gasteiger partial charge < -0.3 is 5.32 Å². The van der Waals surface area contributed by atoms with Crippen molar-refractivity contribution >= 4 is 23.0 Å². The Bertz CT molecular complexity index is 860. The number of fused-ring (bicyclic) bond motifs is 2. The van der Waals surface area contributed by atoms with Gasteiger partial charge in [-0.25, -0.2) is 4.99 Å². The second-order valence-corrected chi connectivity index (χ2v) is 7.34. The maximum Gasteiger partial charge on any atom is 0.271 e. The standard InChI is InChI=1S/C22H24N2O/c1-15-9-4-5-12-18(15)23-21(25)20-22(13-6-3-7-14-22)17-11-8-10-16(2)19(17)24-20/h4-5,8-12H,3,6-7,13-14H2,1-2H3,(H,23,25). The van der Waals surface area contributed by atoms with Crippen molar-refractivity contribution in [2.24, 2.45) is 4.99 Å². The third kappa shape index (κ3) is 2.58. The molecule has 0 radical (unpaired) electrons. The van der Waals surface area contributed by atoms with Crippen molar-refractivity contribution in [1.29, 1.82) is 0 Å². The average molecular weight is 332 g/mol. The number of anilines is 1. The highest BCUT2D eigenvalue weighted by Gasteiger charge is 2.47. The van der Waals surface area contributed by atoms with Crippen LogP contribution >= 0.6 is 0 Å². The molecule has 0 unspecified atom stereocenters. The van der Waals surface area contributed by atoms with Crippen molar-refractivity contribution < 1.29 is 4.79 Å². The fourth-order valence-electron chi connectivity index (χ4n) is 4.36. The first kappa shape index (κ1) is 16.1. The Kier molecular flexibility index (Phi) is 3.95. The van der Waals surface area contributed by atoms with Crippen molar-refractivity contribution in [3.8, 4) is 0 Å². The number of benzene rings is 2. The third-order valence-corrected chi connectivity index (χ3v) is 5.75. The Morgan fingerprint density at radius 3 is 2.44 bits per heavy atom. The molecule has 0 atom stereocenters. The quantitative estimate of drug-likeness (QED) is 0.804. The molecule has 1 aliphatic heterocycles. The molecule has 2 aromatic rings. The molecule has 1 saturated carbocycles. The number of hydrogen-bond donors (Lipinski definition) is 1. The number of carbonyl (C=O) groups excluding carboxylic acids is 1. The van der Waals surface area contributed by atoms with Crippen LogP contribution in [0.15, 0.2) is 47.5 Å². The summed E-state index contributed by atoms with van der Waals surface area (Å²) >= 11 is 0. The number of amides is 1. The fourth-order valence-corrected chi connectivity index (χ4v) is 4.36. The minimum Gasteiger partial charge on any atom is -0.321 e. The molecule has 3 nitrogen and oxygen atoms in total. The summed E-state index contributed by atoms with van der Waals surface area (Å²) in [7, 11) is 0. The Morgan fingerprint density at radius 2 is 1.68 bits per heavy atom. The number of aryl methyl sites for hydroxylation is 2. The third-order valence-electron chi connectivity index (χ3n) is 5.75. The predicted molar refractivity (Wildman–Crippen MR) is 103 cm³/mol. The summed E-state index contributed by atoms with van der Waals surface area (Å²) in [6.45, 7) is 4.10. The summed E-state index contributed by atoms with van der Waals surface area (Å²) in [6, 6.07) is 14.3. The molecule has 2 aromatic carbocycles. The summed E-state index contributed by atoms with van der Waals surface area (Å²) in [5, 5.41) is 3.11. The molecule has 3 heteroatoms. The molecule has 1 aliphatic carbocycles. The van der Waals surface area contributed by atoms with Crippen LogP contribution < -0.4 is 5.32 Å². The number of aliphatic imine (C=N–C) groups is 1. The van der Waals surface area contributed by atoms with E-state index in [0.29, 0.717) is 5.71 Å². The molecule has 1 heterocycles. The van der Waals surface area contributed by atoms with Gasteiger partial charge in [0.15, 0.2) is 0 Å². The first-order valence-electron chi connectivity index (χ1n) is 9.18. The van der Waals surface area contributed by atoms with E-state index in [4.69, 9.17) is 4.99 Å². The number of para-hydroxylation sites is 2. The van der Waals surface area contributed by atoms with Gasteiger partial charge in [0.2, 0.25) is 0 Å². The molecule has 0 bridgehead atoms. The highest BCUT2D eigenvalue weighted by Crippen LogP contribution is 2.50. The first-order valence-corrected chi connectivity index (χ1v) is 9.18. The molecular weight excluding hydrogens is 308 g/mol. The van der Waals surface area contributed by atoms with Gasteiger partial charge in [0.1, 0.15) is 5.71 Å². The van der Waals surface area contributed by atoms with E-state index < -0.39 is 0 Å². The molecule has 128 valence electrons. The van der Waals surface area contributed by atoms with Crippen molar-refractivity contribution in [3.63, 3.8) is 0 Å². The predicted octanol–water partition coefficient (Wildman–Crippen LogP) is 5.23. The van der Waals surface area contributed by atoms with E-state index in [0.717, 1.165) is 48.2 Å². The highest BCUT2D eigenvalue weighted by molar-refractivity contribution is 6.47. The first-order chi connectivity index (χ1) is 12.1. The van der Waals surface area contributed by atoms with E-state index in [1.807, 2.05) is 31.2 Å². The molecular formula is C22H24N2O. The minimum atomic E-state index is -0.202. The van der Waals surface area contributed by atoms with Crippen LogP contribution in [-0.4, -0.2) is 11.6 Å². The van der Waals surface area contributed by atoms with Crippen LogP contribution in [0.1, 0.15) is 48.8 Å². The molecule has 0 aromatic heterocycles. The number of nitrogens with one attached hydrogen (secondary N) is 1. The van der Waals surface area contributed by atoms with Crippen LogP contribution in [0.5, 0.6) is 0 Å². The van der Waals surface area contributed by atoms with Gasteiger partial charge >= 0.3 is 0 Å². The number of carbonyl (C=O) groups is 1. The van der Waals surface area contributed by atoms with Gasteiger partial charge in [0.05, 0.1) is 5.69 Å². The molecule has 2 aliphatic rings. The maximum atomic E-state index is 13.2. The fraction of sp³-hybridized carbons (Fsp3) is 0.364.